The Morgan fingerprint density at radius 3 is 2.50 bits per heavy atom. The van der Waals surface area contributed by atoms with Crippen LogP contribution in [0.4, 0.5) is 11.6 Å². The molecule has 0 atom stereocenters. The molecule has 0 fully saturated rings. The summed E-state index contributed by atoms with van der Waals surface area (Å²) in [7, 11) is 0. The summed E-state index contributed by atoms with van der Waals surface area (Å²) in [6.07, 6.45) is 0. The van der Waals surface area contributed by atoms with Gasteiger partial charge in [0.25, 0.3) is 0 Å². The number of nitrogens with one attached hydrogen (secondary N) is 2. The first-order chi connectivity index (χ1) is 9.13. The fourth-order valence-electron chi connectivity index (χ4n) is 1.79. The van der Waals surface area contributed by atoms with E-state index in [1.54, 1.807) is 36.4 Å². The minimum Gasteiger partial charge on any atom is -0.508 e. The van der Waals surface area contributed by atoms with Gasteiger partial charge in [0.2, 0.25) is 5.95 Å². The molecule has 6 heteroatoms. The minimum absolute atomic E-state index is 0. The average molecular weight is 310 g/mol. The van der Waals surface area contributed by atoms with Crippen molar-refractivity contribution in [2.24, 2.45) is 0 Å². The topological polar surface area (TPSA) is 60.9 Å². The van der Waals surface area contributed by atoms with Gasteiger partial charge in [0.05, 0.1) is 26.8 Å². The number of aromatic hydroxyl groups is 1. The summed E-state index contributed by atoms with van der Waals surface area (Å²) < 4.78 is 0. The number of aromatic nitrogens is 2. The molecule has 0 aliphatic carbocycles. The first kappa shape index (κ1) is 14.5. The number of halogens is 2. The highest BCUT2D eigenvalue weighted by molar-refractivity contribution is 6.39. The van der Waals surface area contributed by atoms with E-state index in [2.05, 4.69) is 15.3 Å². The summed E-state index contributed by atoms with van der Waals surface area (Å²) in [6.45, 7) is 0. The highest BCUT2D eigenvalue weighted by Crippen LogP contribution is 2.32. The summed E-state index contributed by atoms with van der Waals surface area (Å²) >= 11 is 12.1. The van der Waals surface area contributed by atoms with E-state index in [9.17, 15) is 5.11 Å². The first-order valence-electron chi connectivity index (χ1n) is 5.53. The molecule has 1 aromatic heterocycles. The fraction of sp³-hybridized carbons (Fsp3) is 0.0714. The van der Waals surface area contributed by atoms with Gasteiger partial charge >= 0.3 is 0 Å². The largest absolute Gasteiger partial charge is 0.508 e. The van der Waals surface area contributed by atoms with Gasteiger partial charge < -0.3 is 15.4 Å². The molecule has 1 heterocycles. The van der Waals surface area contributed by atoms with Crippen molar-refractivity contribution in [3.8, 4) is 5.75 Å². The Hall–Kier alpha value is -1.91. The van der Waals surface area contributed by atoms with Crippen molar-refractivity contribution in [1.29, 1.82) is 0 Å². The smallest absolute Gasteiger partial charge is 0.205 e. The molecule has 20 heavy (non-hydrogen) atoms. The van der Waals surface area contributed by atoms with Crippen LogP contribution in [0.1, 0.15) is 7.43 Å². The number of benzene rings is 2. The van der Waals surface area contributed by atoms with Crippen molar-refractivity contribution in [3.63, 3.8) is 0 Å². The van der Waals surface area contributed by atoms with Crippen molar-refractivity contribution in [3.05, 3.63) is 46.4 Å². The maximum absolute atomic E-state index is 9.41. The van der Waals surface area contributed by atoms with Gasteiger partial charge in [-0.25, -0.2) is 4.98 Å². The number of rotatable bonds is 2. The molecule has 0 saturated carbocycles. The Morgan fingerprint density at radius 2 is 1.80 bits per heavy atom. The Balaban J connectivity index is 0.00000147. The molecule has 4 nitrogen and oxygen atoms in total. The van der Waals surface area contributed by atoms with Gasteiger partial charge in [-0.05, 0) is 24.3 Å². The van der Waals surface area contributed by atoms with Gasteiger partial charge in [0.15, 0.2) is 0 Å². The van der Waals surface area contributed by atoms with E-state index in [0.717, 1.165) is 11.0 Å². The lowest BCUT2D eigenvalue weighted by molar-refractivity contribution is 0.476. The van der Waals surface area contributed by atoms with Crippen LogP contribution in [0.2, 0.25) is 10.0 Å². The Bertz CT molecular complexity index is 735. The van der Waals surface area contributed by atoms with E-state index in [-0.39, 0.29) is 13.2 Å². The lowest BCUT2D eigenvalue weighted by atomic mass is 10.3. The van der Waals surface area contributed by atoms with Crippen LogP contribution in [-0.2, 0) is 0 Å². The molecule has 104 valence electrons. The molecular weight excluding hydrogens is 297 g/mol. The van der Waals surface area contributed by atoms with Gasteiger partial charge in [-0.1, -0.05) is 36.7 Å². The quantitative estimate of drug-likeness (QED) is 0.627. The number of hydrogen-bond donors (Lipinski definition) is 3. The number of phenols is 1. The molecular formula is C14H13Cl2N3O. The molecule has 0 radical (unpaired) electrons. The van der Waals surface area contributed by atoms with Crippen molar-refractivity contribution < 1.29 is 5.11 Å². The maximum atomic E-state index is 9.41. The Morgan fingerprint density at radius 1 is 1.10 bits per heavy atom. The van der Waals surface area contributed by atoms with E-state index in [1.807, 2.05) is 0 Å². The number of anilines is 2. The number of phenolic OH excluding ortho intramolecular Hbond substituents is 1. The standard InChI is InChI=1S/C13H9Cl2N3O.CH4/c14-8-2-1-3-9(15)12(8)18-13-16-10-5-4-7(19)6-11(10)17-13;/h1-6,19H,(H2,16,17,18);1H4. The summed E-state index contributed by atoms with van der Waals surface area (Å²) in [5.74, 6) is 0.689. The lowest BCUT2D eigenvalue weighted by Crippen LogP contribution is -1.93. The Labute approximate surface area is 126 Å². The van der Waals surface area contributed by atoms with Gasteiger partial charge in [-0.2, -0.15) is 0 Å². The van der Waals surface area contributed by atoms with Crippen LogP contribution in [0.3, 0.4) is 0 Å². The van der Waals surface area contributed by atoms with Gasteiger partial charge in [0, 0.05) is 6.07 Å². The van der Waals surface area contributed by atoms with Crippen molar-refractivity contribution in [1.82, 2.24) is 9.97 Å². The first-order valence-corrected chi connectivity index (χ1v) is 6.29. The third-order valence-corrected chi connectivity index (χ3v) is 3.30. The van der Waals surface area contributed by atoms with E-state index in [4.69, 9.17) is 23.2 Å². The monoisotopic (exact) mass is 309 g/mol. The maximum Gasteiger partial charge on any atom is 0.205 e. The number of hydrogen-bond acceptors (Lipinski definition) is 3. The number of nitrogens with zero attached hydrogens (tertiary/aromatic N) is 1. The molecule has 0 unspecified atom stereocenters. The fourth-order valence-corrected chi connectivity index (χ4v) is 2.28. The van der Waals surface area contributed by atoms with Crippen LogP contribution in [0.5, 0.6) is 5.75 Å². The molecule has 3 aromatic rings. The Kier molecular flexibility index (Phi) is 4.06. The predicted octanol–water partition coefficient (Wildman–Crippen LogP) is 4.96. The molecule has 0 aliphatic heterocycles. The highest BCUT2D eigenvalue weighted by atomic mass is 35.5. The van der Waals surface area contributed by atoms with Gasteiger partial charge in [0.1, 0.15) is 5.75 Å². The zero-order chi connectivity index (χ0) is 13.4. The van der Waals surface area contributed by atoms with Gasteiger partial charge in [-0.15, -0.1) is 0 Å². The average Bonchev–Trinajstić information content (AvgIpc) is 2.75. The molecule has 3 N–H and O–H groups in total. The number of H-pyrrole nitrogens is 1. The van der Waals surface area contributed by atoms with Crippen molar-refractivity contribution >= 4 is 45.9 Å². The van der Waals surface area contributed by atoms with Crippen LogP contribution in [-0.4, -0.2) is 15.1 Å². The molecule has 0 amide bonds. The summed E-state index contributed by atoms with van der Waals surface area (Å²) in [5, 5.41) is 13.5. The van der Waals surface area contributed by atoms with Crippen LogP contribution >= 0.6 is 23.2 Å². The van der Waals surface area contributed by atoms with Crippen LogP contribution in [0.25, 0.3) is 11.0 Å². The van der Waals surface area contributed by atoms with Crippen molar-refractivity contribution in [2.75, 3.05) is 5.32 Å². The molecule has 0 bridgehead atoms. The lowest BCUT2D eigenvalue weighted by Gasteiger charge is -2.06. The molecule has 2 aromatic carbocycles. The predicted molar refractivity (Wildman–Crippen MR) is 84.2 cm³/mol. The summed E-state index contributed by atoms with van der Waals surface area (Å²) in [5.41, 5.74) is 2.06. The third kappa shape index (κ3) is 2.66. The molecule has 0 spiro atoms. The third-order valence-electron chi connectivity index (χ3n) is 2.67. The number of aromatic amines is 1. The summed E-state index contributed by atoms with van der Waals surface area (Å²) in [4.78, 5) is 7.38. The second-order valence-corrected chi connectivity index (χ2v) is 4.82. The van der Waals surface area contributed by atoms with E-state index >= 15 is 0 Å². The zero-order valence-corrected chi connectivity index (χ0v) is 11.1. The SMILES string of the molecule is C.Oc1ccc2nc(Nc3c(Cl)cccc3Cl)[nH]c2c1. The molecule has 0 aliphatic rings. The number of para-hydroxylation sites is 1. The summed E-state index contributed by atoms with van der Waals surface area (Å²) in [6, 6.07) is 10.2. The second-order valence-electron chi connectivity index (χ2n) is 4.01. The van der Waals surface area contributed by atoms with Crippen LogP contribution in [0.15, 0.2) is 36.4 Å². The van der Waals surface area contributed by atoms with Gasteiger partial charge in [-0.3, -0.25) is 0 Å². The van der Waals surface area contributed by atoms with Crippen LogP contribution < -0.4 is 5.32 Å². The zero-order valence-electron chi connectivity index (χ0n) is 9.61. The number of fused-ring (bicyclic) bond motifs is 1. The van der Waals surface area contributed by atoms with E-state index in [1.165, 1.54) is 0 Å². The van der Waals surface area contributed by atoms with E-state index < -0.39 is 0 Å². The van der Waals surface area contributed by atoms with E-state index in [0.29, 0.717) is 21.7 Å². The highest BCUT2D eigenvalue weighted by Gasteiger charge is 2.08. The minimum atomic E-state index is 0. The normalized spacial score (nSPS) is 10.3. The van der Waals surface area contributed by atoms with Crippen LogP contribution in [0, 0.1) is 0 Å². The molecule has 0 saturated heterocycles. The number of imidazole rings is 1. The molecule has 3 rings (SSSR count). The second kappa shape index (κ2) is 5.61. The van der Waals surface area contributed by atoms with Crippen molar-refractivity contribution in [2.45, 2.75) is 7.43 Å².